The molecule has 2 rings (SSSR count). The molecule has 0 atom stereocenters. The average Bonchev–Trinajstić information content (AvgIpc) is 2.92. The smallest absolute Gasteiger partial charge is 0.255 e. The molecule has 0 aliphatic heterocycles. The van der Waals surface area contributed by atoms with E-state index in [1.807, 2.05) is 23.1 Å². The van der Waals surface area contributed by atoms with Crippen LogP contribution in [0.1, 0.15) is 36.0 Å². The van der Waals surface area contributed by atoms with Gasteiger partial charge in [0.15, 0.2) is 0 Å². The van der Waals surface area contributed by atoms with Crippen LogP contribution in [0.25, 0.3) is 0 Å². The minimum Gasteiger partial charge on any atom is -0.334 e. The number of carbonyl (C=O) groups is 1. The van der Waals surface area contributed by atoms with E-state index in [1.165, 1.54) is 12.8 Å². The van der Waals surface area contributed by atoms with Gasteiger partial charge in [-0.25, -0.2) is 0 Å². The minimum absolute atomic E-state index is 0.109. The van der Waals surface area contributed by atoms with Crippen LogP contribution in [-0.2, 0) is 0 Å². The largest absolute Gasteiger partial charge is 0.334 e. The first kappa shape index (κ1) is 15.6. The van der Waals surface area contributed by atoms with E-state index in [-0.39, 0.29) is 5.91 Å². The van der Waals surface area contributed by atoms with Gasteiger partial charge < -0.3 is 4.90 Å². The highest BCUT2D eigenvalue weighted by molar-refractivity contribution is 14.1. The number of carbonyl (C=O) groups excluding carboxylic acids is 1. The number of amides is 1. The lowest BCUT2D eigenvalue weighted by molar-refractivity contribution is 0.0694. The Kier molecular flexibility index (Phi) is 5.96. The Bertz CT molecular complexity index is 463. The fraction of sp³-hybridized carbons (Fsp3) is 0.500. The van der Waals surface area contributed by atoms with Gasteiger partial charge in [0.1, 0.15) is 0 Å². The summed E-state index contributed by atoms with van der Waals surface area (Å²) < 4.78 is 1.93. The Morgan fingerprint density at radius 3 is 2.74 bits per heavy atom. The van der Waals surface area contributed by atoms with E-state index in [2.05, 4.69) is 38.5 Å². The first-order valence-corrected chi connectivity index (χ1v) is 8.86. The molecular formula is C14H16BrClINO. The summed E-state index contributed by atoms with van der Waals surface area (Å²) in [5.74, 6) is 0.602. The van der Waals surface area contributed by atoms with Crippen molar-refractivity contribution in [3.8, 4) is 0 Å². The lowest BCUT2D eigenvalue weighted by Crippen LogP contribution is -2.40. The Labute approximate surface area is 141 Å². The topological polar surface area (TPSA) is 20.3 Å². The molecule has 1 amide bonds. The number of hydrogen-bond donors (Lipinski definition) is 0. The molecule has 1 fully saturated rings. The highest BCUT2D eigenvalue weighted by Crippen LogP contribution is 2.27. The van der Waals surface area contributed by atoms with Gasteiger partial charge in [-0.15, -0.1) is 11.6 Å². The quantitative estimate of drug-likeness (QED) is 0.476. The molecule has 1 aromatic carbocycles. The first-order valence-electron chi connectivity index (χ1n) is 6.45. The zero-order chi connectivity index (χ0) is 13.8. The van der Waals surface area contributed by atoms with Crippen LogP contribution in [0.5, 0.6) is 0 Å². The van der Waals surface area contributed by atoms with E-state index in [9.17, 15) is 4.79 Å². The number of hydrogen-bond acceptors (Lipinski definition) is 1. The summed E-state index contributed by atoms with van der Waals surface area (Å²) in [6.45, 7) is 0.633. The van der Waals surface area contributed by atoms with Gasteiger partial charge in [-0.3, -0.25) is 4.79 Å². The molecule has 2 nitrogen and oxygen atoms in total. The fourth-order valence-corrected chi connectivity index (χ4v) is 3.68. The summed E-state index contributed by atoms with van der Waals surface area (Å²) in [4.78, 5) is 14.7. The lowest BCUT2D eigenvalue weighted by atomic mass is 10.1. The Balaban J connectivity index is 2.25. The second-order valence-corrected chi connectivity index (χ2v) is 7.21. The van der Waals surface area contributed by atoms with Crippen LogP contribution in [-0.4, -0.2) is 29.3 Å². The van der Waals surface area contributed by atoms with Crippen LogP contribution in [0.15, 0.2) is 22.7 Å². The van der Waals surface area contributed by atoms with Crippen molar-refractivity contribution >= 4 is 56.0 Å². The monoisotopic (exact) mass is 455 g/mol. The number of nitrogens with zero attached hydrogens (tertiary/aromatic N) is 1. The summed E-state index contributed by atoms with van der Waals surface area (Å²) in [6.07, 6.45) is 4.64. The third-order valence-electron chi connectivity index (χ3n) is 3.51. The fourth-order valence-electron chi connectivity index (χ4n) is 2.57. The van der Waals surface area contributed by atoms with Gasteiger partial charge in [-0.1, -0.05) is 28.8 Å². The summed E-state index contributed by atoms with van der Waals surface area (Å²) in [6, 6.07) is 6.19. The second-order valence-electron chi connectivity index (χ2n) is 4.75. The highest BCUT2D eigenvalue weighted by atomic mass is 127. The molecule has 0 spiro atoms. The van der Waals surface area contributed by atoms with Crippen molar-refractivity contribution in [1.82, 2.24) is 4.90 Å². The van der Waals surface area contributed by atoms with Gasteiger partial charge in [-0.05, 0) is 53.6 Å². The molecule has 0 radical (unpaired) electrons. The van der Waals surface area contributed by atoms with Crippen molar-refractivity contribution in [3.05, 3.63) is 31.8 Å². The third-order valence-corrected chi connectivity index (χ3v) is 5.11. The maximum absolute atomic E-state index is 12.7. The van der Waals surface area contributed by atoms with Crippen LogP contribution in [0.3, 0.4) is 0 Å². The number of rotatable bonds is 4. The van der Waals surface area contributed by atoms with Crippen LogP contribution < -0.4 is 0 Å². The van der Waals surface area contributed by atoms with Crippen LogP contribution in [0, 0.1) is 3.57 Å². The van der Waals surface area contributed by atoms with E-state index >= 15 is 0 Å². The summed E-state index contributed by atoms with van der Waals surface area (Å²) in [5, 5.41) is 0. The van der Waals surface area contributed by atoms with Gasteiger partial charge >= 0.3 is 0 Å². The zero-order valence-corrected chi connectivity index (χ0v) is 15.0. The Morgan fingerprint density at radius 2 is 2.11 bits per heavy atom. The number of benzene rings is 1. The molecule has 0 saturated heterocycles. The van der Waals surface area contributed by atoms with E-state index < -0.39 is 0 Å². The molecular weight excluding hydrogens is 440 g/mol. The Hall–Kier alpha value is 0.190. The third kappa shape index (κ3) is 3.85. The molecule has 0 N–H and O–H groups in total. The molecule has 104 valence electrons. The average molecular weight is 457 g/mol. The van der Waals surface area contributed by atoms with Gasteiger partial charge in [-0.2, -0.15) is 0 Å². The standard InChI is InChI=1S/C14H16BrClINO/c15-10-5-6-13(17)12(9-10)14(19)18(8-7-16)11-3-1-2-4-11/h5-6,9,11H,1-4,7-8H2. The summed E-state index contributed by atoms with van der Waals surface area (Å²) in [5.41, 5.74) is 0.770. The predicted octanol–water partition coefficient (Wildman–Crippen LogP) is 4.68. The number of alkyl halides is 1. The first-order chi connectivity index (χ1) is 9.13. The van der Waals surface area contributed by atoms with Gasteiger partial charge in [0.05, 0.1) is 5.56 Å². The van der Waals surface area contributed by atoms with Crippen LogP contribution >= 0.6 is 50.1 Å². The maximum Gasteiger partial charge on any atom is 0.255 e. The van der Waals surface area contributed by atoms with Crippen molar-refractivity contribution in [2.75, 3.05) is 12.4 Å². The van der Waals surface area contributed by atoms with Crippen LogP contribution in [0.4, 0.5) is 0 Å². The van der Waals surface area contributed by atoms with Crippen molar-refractivity contribution in [3.63, 3.8) is 0 Å². The van der Waals surface area contributed by atoms with Gasteiger partial charge in [0.2, 0.25) is 0 Å². The van der Waals surface area contributed by atoms with Crippen molar-refractivity contribution in [2.45, 2.75) is 31.7 Å². The molecule has 0 heterocycles. The Morgan fingerprint density at radius 1 is 1.42 bits per heavy atom. The van der Waals surface area contributed by atoms with Gasteiger partial charge in [0.25, 0.3) is 5.91 Å². The van der Waals surface area contributed by atoms with Crippen LogP contribution in [0.2, 0.25) is 0 Å². The SMILES string of the molecule is O=C(c1cc(Br)ccc1I)N(CCCl)C1CCCC1. The molecule has 0 unspecified atom stereocenters. The van der Waals surface area contributed by atoms with Crippen molar-refractivity contribution in [2.24, 2.45) is 0 Å². The van der Waals surface area contributed by atoms with Gasteiger partial charge in [0, 0.05) is 26.5 Å². The maximum atomic E-state index is 12.7. The van der Waals surface area contributed by atoms with E-state index in [0.29, 0.717) is 18.5 Å². The number of halogens is 3. The molecule has 1 saturated carbocycles. The lowest BCUT2D eigenvalue weighted by Gasteiger charge is -2.28. The van der Waals surface area contributed by atoms with Crippen molar-refractivity contribution in [1.29, 1.82) is 0 Å². The predicted molar refractivity (Wildman–Crippen MR) is 90.9 cm³/mol. The molecule has 19 heavy (non-hydrogen) atoms. The molecule has 1 aromatic rings. The molecule has 0 bridgehead atoms. The van der Waals surface area contributed by atoms with E-state index in [0.717, 1.165) is 26.4 Å². The molecule has 1 aliphatic rings. The van der Waals surface area contributed by atoms with Crippen molar-refractivity contribution < 1.29 is 4.79 Å². The molecule has 5 heteroatoms. The summed E-state index contributed by atoms with van der Waals surface area (Å²) >= 11 is 11.5. The van der Waals surface area contributed by atoms with E-state index in [1.54, 1.807) is 0 Å². The van der Waals surface area contributed by atoms with E-state index in [4.69, 9.17) is 11.6 Å². The highest BCUT2D eigenvalue weighted by Gasteiger charge is 2.27. The zero-order valence-electron chi connectivity index (χ0n) is 10.5. The summed E-state index contributed by atoms with van der Waals surface area (Å²) in [7, 11) is 0. The molecule has 1 aliphatic carbocycles. The molecule has 0 aromatic heterocycles. The minimum atomic E-state index is 0.109. The normalized spacial score (nSPS) is 15.7. The second kappa shape index (κ2) is 7.27.